The predicted octanol–water partition coefficient (Wildman–Crippen LogP) is -0.175. The Labute approximate surface area is 88.5 Å². The number of aryl methyl sites for hydroxylation is 1. The molecule has 1 N–H and O–H groups in total. The van der Waals surface area contributed by atoms with Crippen LogP contribution in [0.1, 0.15) is 17.9 Å². The molecule has 1 aromatic heterocycles. The zero-order chi connectivity index (χ0) is 10.6. The van der Waals surface area contributed by atoms with E-state index in [1.807, 2.05) is 13.2 Å². The van der Waals surface area contributed by atoms with Crippen molar-refractivity contribution in [2.45, 2.75) is 17.6 Å². The number of hydrogen-bond donors (Lipinski definition) is 1. The zero-order valence-electron chi connectivity index (χ0n) is 8.42. The van der Waals surface area contributed by atoms with Crippen LogP contribution in [0.5, 0.6) is 0 Å². The largest absolute Gasteiger partial charge is 0.276 e. The Morgan fingerprint density at radius 2 is 2.40 bits per heavy atom. The van der Waals surface area contributed by atoms with Crippen molar-refractivity contribution in [3.05, 3.63) is 18.0 Å². The summed E-state index contributed by atoms with van der Waals surface area (Å²) in [7, 11) is -1.21. The van der Waals surface area contributed by atoms with E-state index < -0.39 is 10.0 Å². The third kappa shape index (κ3) is 1.24. The second-order valence-electron chi connectivity index (χ2n) is 4.41. The van der Waals surface area contributed by atoms with E-state index in [0.29, 0.717) is 12.5 Å². The van der Waals surface area contributed by atoms with Crippen molar-refractivity contribution < 1.29 is 8.42 Å². The van der Waals surface area contributed by atoms with Gasteiger partial charge in [0.25, 0.3) is 0 Å². The maximum absolute atomic E-state index is 11.7. The second-order valence-corrected chi connectivity index (χ2v) is 6.33. The smallest absolute Gasteiger partial charge is 0.215 e. The highest BCUT2D eigenvalue weighted by Gasteiger charge is 2.54. The molecule has 1 saturated heterocycles. The fourth-order valence-electron chi connectivity index (χ4n) is 2.67. The average molecular weight is 227 g/mol. The molecule has 15 heavy (non-hydrogen) atoms. The number of sulfonamides is 1. The summed E-state index contributed by atoms with van der Waals surface area (Å²) in [5, 5.41) is 3.86. The van der Waals surface area contributed by atoms with Crippen molar-refractivity contribution in [3.8, 4) is 0 Å². The third-order valence-corrected chi connectivity index (χ3v) is 5.47. The second kappa shape index (κ2) is 2.82. The zero-order valence-corrected chi connectivity index (χ0v) is 9.24. The minimum Gasteiger partial charge on any atom is -0.276 e. The maximum Gasteiger partial charge on any atom is 0.215 e. The van der Waals surface area contributed by atoms with Gasteiger partial charge in [-0.2, -0.15) is 5.10 Å². The molecule has 0 aromatic carbocycles. The molecule has 1 saturated carbocycles. The normalized spacial score (nSPS) is 37.3. The van der Waals surface area contributed by atoms with Crippen LogP contribution in [0.15, 0.2) is 12.4 Å². The van der Waals surface area contributed by atoms with Crippen molar-refractivity contribution in [1.29, 1.82) is 0 Å². The number of aromatic nitrogens is 2. The van der Waals surface area contributed by atoms with E-state index in [1.165, 1.54) is 0 Å². The molecule has 1 aliphatic heterocycles. The Morgan fingerprint density at radius 1 is 1.60 bits per heavy atom. The summed E-state index contributed by atoms with van der Waals surface area (Å²) < 4.78 is 27.7. The molecule has 3 atom stereocenters. The van der Waals surface area contributed by atoms with Gasteiger partial charge in [-0.15, -0.1) is 0 Å². The van der Waals surface area contributed by atoms with Gasteiger partial charge in [-0.1, -0.05) is 0 Å². The number of hydrogen-bond acceptors (Lipinski definition) is 3. The molecule has 0 spiro atoms. The standard InChI is InChI=1S/C9H13N3O2S/c1-12-5-7(3-10-12)8-2-6-4-11-15(13,14)9(6)8/h3,5-6,8-9,11H,2,4H2,1H3/t6-,8-,9+/m0/s1. The van der Waals surface area contributed by atoms with Gasteiger partial charge in [-0.05, 0) is 17.9 Å². The van der Waals surface area contributed by atoms with Crippen LogP contribution in [0.2, 0.25) is 0 Å². The van der Waals surface area contributed by atoms with Crippen LogP contribution >= 0.6 is 0 Å². The van der Waals surface area contributed by atoms with Gasteiger partial charge in [0.1, 0.15) is 0 Å². The van der Waals surface area contributed by atoms with Crippen molar-refractivity contribution in [2.24, 2.45) is 13.0 Å². The van der Waals surface area contributed by atoms with Crippen LogP contribution < -0.4 is 4.72 Å². The average Bonchev–Trinajstić information content (AvgIpc) is 2.56. The lowest BCUT2D eigenvalue weighted by Crippen LogP contribution is -2.41. The van der Waals surface area contributed by atoms with Crippen molar-refractivity contribution >= 4 is 10.0 Å². The highest BCUT2D eigenvalue weighted by atomic mass is 32.2. The van der Waals surface area contributed by atoms with Gasteiger partial charge in [0.2, 0.25) is 10.0 Å². The molecule has 0 bridgehead atoms. The van der Waals surface area contributed by atoms with Crippen molar-refractivity contribution in [3.63, 3.8) is 0 Å². The molecule has 6 heteroatoms. The first-order valence-corrected chi connectivity index (χ1v) is 6.59. The van der Waals surface area contributed by atoms with Gasteiger partial charge in [0.05, 0.1) is 11.4 Å². The van der Waals surface area contributed by atoms with Crippen LogP contribution in [0.4, 0.5) is 0 Å². The fraction of sp³-hybridized carbons (Fsp3) is 0.667. The van der Waals surface area contributed by atoms with Gasteiger partial charge >= 0.3 is 0 Å². The highest BCUT2D eigenvalue weighted by molar-refractivity contribution is 7.90. The van der Waals surface area contributed by atoms with E-state index in [4.69, 9.17) is 0 Å². The van der Waals surface area contributed by atoms with Crippen molar-refractivity contribution in [2.75, 3.05) is 6.54 Å². The summed E-state index contributed by atoms with van der Waals surface area (Å²) in [5.41, 5.74) is 1.05. The number of nitrogens with one attached hydrogen (secondary N) is 1. The molecule has 0 amide bonds. The van der Waals surface area contributed by atoms with Crippen LogP contribution in [0.25, 0.3) is 0 Å². The molecule has 1 aromatic rings. The Bertz CT molecular complexity index is 493. The summed E-state index contributed by atoms with van der Waals surface area (Å²) in [6.07, 6.45) is 4.64. The van der Waals surface area contributed by atoms with E-state index in [-0.39, 0.29) is 11.2 Å². The number of nitrogens with zero attached hydrogens (tertiary/aromatic N) is 2. The maximum atomic E-state index is 11.7. The van der Waals surface area contributed by atoms with Gasteiger partial charge < -0.3 is 0 Å². The summed E-state index contributed by atoms with van der Waals surface area (Å²) in [6.45, 7) is 0.615. The van der Waals surface area contributed by atoms with Gasteiger partial charge in [-0.3, -0.25) is 4.68 Å². The summed E-state index contributed by atoms with van der Waals surface area (Å²) >= 11 is 0. The predicted molar refractivity (Wildman–Crippen MR) is 54.8 cm³/mol. The number of fused-ring (bicyclic) bond motifs is 1. The van der Waals surface area contributed by atoms with Crippen LogP contribution in [0.3, 0.4) is 0 Å². The Morgan fingerprint density at radius 3 is 3.00 bits per heavy atom. The molecule has 0 unspecified atom stereocenters. The molecular weight excluding hydrogens is 214 g/mol. The Balaban J connectivity index is 1.92. The molecule has 1 aliphatic carbocycles. The van der Waals surface area contributed by atoms with Crippen LogP contribution in [-0.4, -0.2) is 30.0 Å². The van der Waals surface area contributed by atoms with E-state index in [9.17, 15) is 8.42 Å². The molecular formula is C9H13N3O2S. The molecule has 5 nitrogen and oxygen atoms in total. The Kier molecular flexibility index (Phi) is 1.76. The van der Waals surface area contributed by atoms with Crippen LogP contribution in [-0.2, 0) is 17.1 Å². The lowest BCUT2D eigenvalue weighted by atomic mass is 9.72. The summed E-state index contributed by atoms with van der Waals surface area (Å²) in [5.74, 6) is 0.448. The van der Waals surface area contributed by atoms with E-state index in [2.05, 4.69) is 9.82 Å². The number of rotatable bonds is 1. The molecule has 2 aliphatic rings. The lowest BCUT2D eigenvalue weighted by Gasteiger charge is -2.37. The fourth-order valence-corrected chi connectivity index (χ4v) is 4.73. The molecule has 0 radical (unpaired) electrons. The van der Waals surface area contributed by atoms with Crippen molar-refractivity contribution in [1.82, 2.24) is 14.5 Å². The first kappa shape index (κ1) is 9.35. The van der Waals surface area contributed by atoms with Crippen LogP contribution in [0, 0.1) is 5.92 Å². The minimum atomic E-state index is -3.06. The SMILES string of the molecule is Cn1cc([C@@H]2C[C@H]3CNS(=O)(=O)[C@H]32)cn1. The van der Waals surface area contributed by atoms with Gasteiger partial charge in [0.15, 0.2) is 0 Å². The first-order chi connectivity index (χ1) is 7.08. The lowest BCUT2D eigenvalue weighted by molar-refractivity contribution is 0.294. The van der Waals surface area contributed by atoms with Gasteiger partial charge in [-0.25, -0.2) is 13.1 Å². The topological polar surface area (TPSA) is 64.0 Å². The monoisotopic (exact) mass is 227 g/mol. The quantitative estimate of drug-likeness (QED) is 0.724. The van der Waals surface area contributed by atoms with Gasteiger partial charge in [0, 0.05) is 25.7 Å². The Hall–Kier alpha value is -0.880. The highest BCUT2D eigenvalue weighted by Crippen LogP contribution is 2.48. The van der Waals surface area contributed by atoms with E-state index in [1.54, 1.807) is 10.9 Å². The van der Waals surface area contributed by atoms with E-state index in [0.717, 1.165) is 12.0 Å². The minimum absolute atomic E-state index is 0.142. The van der Waals surface area contributed by atoms with E-state index >= 15 is 0 Å². The third-order valence-electron chi connectivity index (χ3n) is 3.48. The molecule has 82 valence electrons. The molecule has 2 fully saturated rings. The summed E-state index contributed by atoms with van der Waals surface area (Å²) in [4.78, 5) is 0. The summed E-state index contributed by atoms with van der Waals surface area (Å²) in [6, 6.07) is 0. The molecule has 3 rings (SSSR count). The first-order valence-electron chi connectivity index (χ1n) is 5.05. The molecule has 2 heterocycles.